The molecule has 1 aliphatic heterocycles. The molecule has 1 saturated heterocycles. The normalized spacial score (nSPS) is 18.3. The number of nitrogens with zero attached hydrogens (tertiary/aromatic N) is 3. The van der Waals surface area contributed by atoms with Crippen LogP contribution in [-0.4, -0.2) is 60.3 Å². The van der Waals surface area contributed by atoms with Gasteiger partial charge >= 0.3 is 12.3 Å². The van der Waals surface area contributed by atoms with E-state index in [-0.39, 0.29) is 6.04 Å². The highest BCUT2D eigenvalue weighted by atomic mass is 32.1. The lowest BCUT2D eigenvalue weighted by atomic mass is 10.2. The summed E-state index contributed by atoms with van der Waals surface area (Å²) < 4.78 is 43.0. The lowest BCUT2D eigenvalue weighted by molar-refractivity contribution is -0.140. The van der Waals surface area contributed by atoms with Crippen LogP contribution in [0, 0.1) is 0 Å². The van der Waals surface area contributed by atoms with Gasteiger partial charge < -0.3 is 20.3 Å². The molecule has 2 rings (SSSR count). The predicted molar refractivity (Wildman–Crippen MR) is 102 cm³/mol. The number of halogens is 3. The van der Waals surface area contributed by atoms with E-state index in [1.165, 1.54) is 0 Å². The summed E-state index contributed by atoms with van der Waals surface area (Å²) in [6.45, 7) is 7.11. The lowest BCUT2D eigenvalue weighted by Crippen LogP contribution is -2.44. The van der Waals surface area contributed by atoms with E-state index in [0.29, 0.717) is 37.0 Å². The molecule has 0 aromatic carbocycles. The first-order valence-corrected chi connectivity index (χ1v) is 9.82. The van der Waals surface area contributed by atoms with Crippen LogP contribution in [0.25, 0.3) is 0 Å². The first-order chi connectivity index (χ1) is 13.0. The van der Waals surface area contributed by atoms with Crippen molar-refractivity contribution in [3.63, 3.8) is 0 Å². The van der Waals surface area contributed by atoms with Crippen molar-refractivity contribution >= 4 is 23.4 Å². The minimum absolute atomic E-state index is 0.0540. The van der Waals surface area contributed by atoms with E-state index in [1.807, 2.05) is 4.90 Å². The number of likely N-dealkylation sites (tertiary alicyclic amines) is 1. The van der Waals surface area contributed by atoms with Crippen LogP contribution in [0.1, 0.15) is 37.9 Å². The van der Waals surface area contributed by atoms with Crippen LogP contribution in [0.3, 0.4) is 0 Å². The number of hydrogen-bond donors (Lipinski definition) is 2. The fraction of sp³-hybridized carbons (Fsp3) is 0.706. The summed E-state index contributed by atoms with van der Waals surface area (Å²) in [5.41, 5.74) is -1.41. The summed E-state index contributed by atoms with van der Waals surface area (Å²) in [6, 6.07) is -0.0540. The van der Waals surface area contributed by atoms with Gasteiger partial charge in [-0.25, -0.2) is 9.78 Å². The maximum absolute atomic E-state index is 12.6. The number of thiazole rings is 1. The second-order valence-corrected chi connectivity index (χ2v) is 8.37. The molecule has 28 heavy (non-hydrogen) atoms. The number of rotatable bonds is 4. The minimum atomic E-state index is -4.41. The number of amides is 1. The Bertz CT molecular complexity index is 700. The van der Waals surface area contributed by atoms with E-state index in [2.05, 4.69) is 20.6 Å². The van der Waals surface area contributed by atoms with E-state index in [9.17, 15) is 18.0 Å². The number of alkyl carbamates (subject to hydrolysis) is 1. The van der Waals surface area contributed by atoms with Crippen molar-refractivity contribution in [3.05, 3.63) is 16.1 Å². The molecule has 1 fully saturated rings. The summed E-state index contributed by atoms with van der Waals surface area (Å²) in [7, 11) is 1.64. The zero-order valence-corrected chi connectivity index (χ0v) is 17.2. The van der Waals surface area contributed by atoms with Crippen LogP contribution < -0.4 is 10.6 Å². The maximum atomic E-state index is 12.6. The summed E-state index contributed by atoms with van der Waals surface area (Å²) in [6.07, 6.45) is -3.75. The molecular formula is C17H26F3N5O2S. The smallest absolute Gasteiger partial charge is 0.434 e. The van der Waals surface area contributed by atoms with Crippen LogP contribution in [0.2, 0.25) is 0 Å². The van der Waals surface area contributed by atoms with E-state index in [0.717, 1.165) is 23.1 Å². The van der Waals surface area contributed by atoms with Crippen LogP contribution >= 0.6 is 11.3 Å². The molecule has 0 saturated carbocycles. The summed E-state index contributed by atoms with van der Waals surface area (Å²) >= 11 is 0.994. The van der Waals surface area contributed by atoms with Gasteiger partial charge in [-0.1, -0.05) is 0 Å². The molecular weight excluding hydrogens is 395 g/mol. The summed E-state index contributed by atoms with van der Waals surface area (Å²) in [4.78, 5) is 21.7. The molecule has 158 valence electrons. The van der Waals surface area contributed by atoms with Crippen molar-refractivity contribution in [2.24, 2.45) is 4.99 Å². The molecule has 1 aromatic heterocycles. The fourth-order valence-electron chi connectivity index (χ4n) is 2.71. The molecule has 7 nitrogen and oxygen atoms in total. The second-order valence-electron chi connectivity index (χ2n) is 7.43. The molecule has 1 amide bonds. The van der Waals surface area contributed by atoms with Crippen molar-refractivity contribution in [3.8, 4) is 0 Å². The summed E-state index contributed by atoms with van der Waals surface area (Å²) in [5.74, 6) is 0.640. The van der Waals surface area contributed by atoms with Crippen molar-refractivity contribution in [1.29, 1.82) is 0 Å². The van der Waals surface area contributed by atoms with Crippen LogP contribution in [-0.2, 0) is 17.3 Å². The fourth-order valence-corrected chi connectivity index (χ4v) is 3.52. The topological polar surface area (TPSA) is 78.9 Å². The zero-order chi connectivity index (χ0) is 20.9. The molecule has 2 N–H and O–H groups in total. The molecule has 1 aliphatic rings. The molecule has 11 heteroatoms. The van der Waals surface area contributed by atoms with Gasteiger partial charge in [-0.15, -0.1) is 11.3 Å². The molecule has 1 aromatic rings. The first-order valence-electron chi connectivity index (χ1n) is 8.94. The zero-order valence-electron chi connectivity index (χ0n) is 16.4. The number of carbonyl (C=O) groups excluding carboxylic acids is 1. The van der Waals surface area contributed by atoms with Gasteiger partial charge in [-0.05, 0) is 27.2 Å². The van der Waals surface area contributed by atoms with Gasteiger partial charge in [0.25, 0.3) is 0 Å². The second kappa shape index (κ2) is 8.97. The number of carbonyl (C=O) groups is 1. The molecule has 0 aliphatic carbocycles. The van der Waals surface area contributed by atoms with Gasteiger partial charge in [0.05, 0.1) is 11.0 Å². The van der Waals surface area contributed by atoms with Crippen molar-refractivity contribution in [2.45, 2.75) is 51.4 Å². The summed E-state index contributed by atoms with van der Waals surface area (Å²) in [5, 5.41) is 7.42. The van der Waals surface area contributed by atoms with Crippen LogP contribution in [0.4, 0.5) is 18.0 Å². The molecule has 1 unspecified atom stereocenters. The molecule has 2 heterocycles. The lowest BCUT2D eigenvalue weighted by Gasteiger charge is -2.23. The Labute approximate surface area is 166 Å². The SMILES string of the molecule is CN=C(NCCc1nc(C(F)(F)F)cs1)N1CCC(NC(=O)OC(C)(C)C)C1. The quantitative estimate of drug-likeness (QED) is 0.577. The van der Waals surface area contributed by atoms with E-state index < -0.39 is 23.6 Å². The number of alkyl halides is 3. The Morgan fingerprint density at radius 1 is 1.43 bits per heavy atom. The monoisotopic (exact) mass is 421 g/mol. The van der Waals surface area contributed by atoms with Gasteiger partial charge in [-0.3, -0.25) is 4.99 Å². The van der Waals surface area contributed by atoms with Crippen molar-refractivity contribution < 1.29 is 22.7 Å². The standard InChI is InChI=1S/C17H26F3N5O2S/c1-16(2,3)27-15(26)23-11-6-8-25(9-11)14(21-4)22-7-5-13-24-12(10-28-13)17(18,19)20/h10-11H,5-9H2,1-4H3,(H,21,22)(H,23,26). The van der Waals surface area contributed by atoms with Gasteiger partial charge in [-0.2, -0.15) is 13.2 Å². The van der Waals surface area contributed by atoms with Crippen molar-refractivity contribution in [2.75, 3.05) is 26.7 Å². The Kier molecular flexibility index (Phi) is 7.13. The molecule has 0 bridgehead atoms. The largest absolute Gasteiger partial charge is 0.444 e. The first kappa shape index (κ1) is 22.3. The third-order valence-electron chi connectivity index (χ3n) is 3.88. The highest BCUT2D eigenvalue weighted by molar-refractivity contribution is 7.09. The van der Waals surface area contributed by atoms with Gasteiger partial charge in [0.15, 0.2) is 11.7 Å². The van der Waals surface area contributed by atoms with Crippen LogP contribution in [0.5, 0.6) is 0 Å². The van der Waals surface area contributed by atoms with Gasteiger partial charge in [0.2, 0.25) is 0 Å². The number of guanidine groups is 1. The Morgan fingerprint density at radius 3 is 2.71 bits per heavy atom. The number of aromatic nitrogens is 1. The number of nitrogens with one attached hydrogen (secondary N) is 2. The average molecular weight is 421 g/mol. The molecule has 1 atom stereocenters. The minimum Gasteiger partial charge on any atom is -0.444 e. The predicted octanol–water partition coefficient (Wildman–Crippen LogP) is 2.88. The number of aliphatic imine (C=N–C) groups is 1. The highest BCUT2D eigenvalue weighted by Gasteiger charge is 2.33. The number of hydrogen-bond acceptors (Lipinski definition) is 5. The van der Waals surface area contributed by atoms with Crippen molar-refractivity contribution in [1.82, 2.24) is 20.5 Å². The van der Waals surface area contributed by atoms with E-state index >= 15 is 0 Å². The molecule has 0 spiro atoms. The van der Waals surface area contributed by atoms with Gasteiger partial charge in [0.1, 0.15) is 5.60 Å². The van der Waals surface area contributed by atoms with Crippen LogP contribution in [0.15, 0.2) is 10.4 Å². The Morgan fingerprint density at radius 2 is 2.14 bits per heavy atom. The number of ether oxygens (including phenoxy) is 1. The Hall–Kier alpha value is -2.04. The average Bonchev–Trinajstić information content (AvgIpc) is 3.18. The Balaban J connectivity index is 1.78. The highest BCUT2D eigenvalue weighted by Crippen LogP contribution is 2.30. The van der Waals surface area contributed by atoms with Gasteiger partial charge in [0, 0.05) is 38.5 Å². The van der Waals surface area contributed by atoms with E-state index in [1.54, 1.807) is 27.8 Å². The molecule has 0 radical (unpaired) electrons. The maximum Gasteiger partial charge on any atom is 0.434 e. The third-order valence-corrected chi connectivity index (χ3v) is 4.79. The third kappa shape index (κ3) is 6.84. The van der Waals surface area contributed by atoms with E-state index in [4.69, 9.17) is 4.74 Å².